The van der Waals surface area contributed by atoms with E-state index in [1.165, 1.54) is 0 Å². The molecule has 0 fully saturated rings. The molecular formula is C15H25NO4S. The average molecular weight is 315 g/mol. The van der Waals surface area contributed by atoms with Crippen molar-refractivity contribution in [3.8, 4) is 5.75 Å². The molecule has 0 unspecified atom stereocenters. The summed E-state index contributed by atoms with van der Waals surface area (Å²) in [4.78, 5) is 0.263. The second-order valence-corrected chi connectivity index (χ2v) is 6.66. The summed E-state index contributed by atoms with van der Waals surface area (Å²) in [6, 6.07) is 4.87. The Bertz CT molecular complexity index is 528. The number of unbranched alkanes of at least 4 members (excludes halogenated alkanes) is 3. The van der Waals surface area contributed by atoms with Gasteiger partial charge in [0.25, 0.3) is 0 Å². The van der Waals surface area contributed by atoms with E-state index in [1.807, 2.05) is 13.8 Å². The topological polar surface area (TPSA) is 75.6 Å². The minimum absolute atomic E-state index is 0.192. The van der Waals surface area contributed by atoms with E-state index >= 15 is 0 Å². The summed E-state index contributed by atoms with van der Waals surface area (Å²) in [6.07, 6.45) is 3.37. The highest BCUT2D eigenvalue weighted by Crippen LogP contribution is 2.21. The summed E-state index contributed by atoms with van der Waals surface area (Å²) in [6.45, 7) is 4.89. The average Bonchev–Trinajstić information content (AvgIpc) is 2.45. The van der Waals surface area contributed by atoms with E-state index < -0.39 is 10.0 Å². The van der Waals surface area contributed by atoms with E-state index in [4.69, 9.17) is 9.84 Å². The molecule has 0 bridgehead atoms. The maximum Gasteiger partial charge on any atom is 0.240 e. The highest BCUT2D eigenvalue weighted by atomic mass is 32.2. The molecule has 0 atom stereocenters. The summed E-state index contributed by atoms with van der Waals surface area (Å²) in [7, 11) is -3.46. The Labute approximate surface area is 127 Å². The molecule has 0 amide bonds. The number of aliphatic hydroxyl groups is 1. The zero-order valence-corrected chi connectivity index (χ0v) is 13.6. The molecule has 0 saturated carbocycles. The number of ether oxygens (including phenoxy) is 1. The SMILES string of the molecule is CCOc1ccc(S(=O)(=O)NCCCCCCO)cc1C. The monoisotopic (exact) mass is 315 g/mol. The number of nitrogens with one attached hydrogen (secondary N) is 1. The third-order valence-electron chi connectivity index (χ3n) is 3.13. The van der Waals surface area contributed by atoms with Crippen molar-refractivity contribution in [3.63, 3.8) is 0 Å². The lowest BCUT2D eigenvalue weighted by Crippen LogP contribution is -2.24. The second kappa shape index (κ2) is 9.02. The van der Waals surface area contributed by atoms with E-state index in [-0.39, 0.29) is 11.5 Å². The minimum atomic E-state index is -3.46. The quantitative estimate of drug-likeness (QED) is 0.649. The summed E-state index contributed by atoms with van der Waals surface area (Å²) in [5.74, 6) is 0.709. The number of benzene rings is 1. The molecule has 5 nitrogen and oxygen atoms in total. The van der Waals surface area contributed by atoms with Crippen molar-refractivity contribution in [2.45, 2.75) is 44.4 Å². The van der Waals surface area contributed by atoms with E-state index in [2.05, 4.69) is 4.72 Å². The number of hydrogen-bond donors (Lipinski definition) is 2. The molecule has 0 aromatic heterocycles. The zero-order chi connectivity index (χ0) is 15.7. The third-order valence-corrected chi connectivity index (χ3v) is 4.59. The fourth-order valence-electron chi connectivity index (χ4n) is 1.99. The highest BCUT2D eigenvalue weighted by Gasteiger charge is 2.14. The van der Waals surface area contributed by atoms with Crippen LogP contribution in [-0.2, 0) is 10.0 Å². The van der Waals surface area contributed by atoms with Crippen LogP contribution >= 0.6 is 0 Å². The van der Waals surface area contributed by atoms with Crippen LogP contribution in [0.5, 0.6) is 5.75 Å². The Morgan fingerprint density at radius 1 is 1.19 bits per heavy atom. The van der Waals surface area contributed by atoms with Crippen LogP contribution in [0.3, 0.4) is 0 Å². The van der Waals surface area contributed by atoms with Crippen LogP contribution in [-0.4, -0.2) is 33.3 Å². The van der Waals surface area contributed by atoms with Crippen LogP contribution in [0.1, 0.15) is 38.2 Å². The van der Waals surface area contributed by atoms with Crippen molar-refractivity contribution in [2.75, 3.05) is 19.8 Å². The summed E-state index contributed by atoms with van der Waals surface area (Å²) in [5, 5.41) is 8.67. The maximum absolute atomic E-state index is 12.2. The van der Waals surface area contributed by atoms with Crippen LogP contribution in [0.4, 0.5) is 0 Å². The molecule has 6 heteroatoms. The van der Waals surface area contributed by atoms with Crippen molar-refractivity contribution in [1.82, 2.24) is 4.72 Å². The lowest BCUT2D eigenvalue weighted by molar-refractivity contribution is 0.282. The molecule has 0 spiro atoms. The van der Waals surface area contributed by atoms with Gasteiger partial charge in [-0.3, -0.25) is 0 Å². The molecule has 0 saturated heterocycles. The lowest BCUT2D eigenvalue weighted by Gasteiger charge is -2.10. The van der Waals surface area contributed by atoms with E-state index in [1.54, 1.807) is 18.2 Å². The third kappa shape index (κ3) is 6.03. The van der Waals surface area contributed by atoms with Crippen LogP contribution in [0.15, 0.2) is 23.1 Å². The Morgan fingerprint density at radius 3 is 2.52 bits per heavy atom. The first-order chi connectivity index (χ1) is 10.0. The van der Waals surface area contributed by atoms with Crippen LogP contribution in [0.25, 0.3) is 0 Å². The van der Waals surface area contributed by atoms with Gasteiger partial charge < -0.3 is 9.84 Å². The second-order valence-electron chi connectivity index (χ2n) is 4.90. The molecule has 0 radical (unpaired) electrons. The van der Waals surface area contributed by atoms with Crippen molar-refractivity contribution in [1.29, 1.82) is 0 Å². The first kappa shape index (κ1) is 17.9. The summed E-state index contributed by atoms with van der Waals surface area (Å²) >= 11 is 0. The van der Waals surface area contributed by atoms with Gasteiger partial charge in [0.1, 0.15) is 5.75 Å². The number of sulfonamides is 1. The Hall–Kier alpha value is -1.11. The summed E-state index contributed by atoms with van der Waals surface area (Å²) < 4.78 is 32.3. The van der Waals surface area contributed by atoms with Gasteiger partial charge in [0, 0.05) is 13.2 Å². The molecule has 0 aliphatic rings. The van der Waals surface area contributed by atoms with Crippen molar-refractivity contribution in [2.24, 2.45) is 0 Å². The fraction of sp³-hybridized carbons (Fsp3) is 0.600. The van der Waals surface area contributed by atoms with Gasteiger partial charge in [-0.1, -0.05) is 12.8 Å². The van der Waals surface area contributed by atoms with Gasteiger partial charge in [0.05, 0.1) is 11.5 Å². The van der Waals surface area contributed by atoms with Gasteiger partial charge in [0.2, 0.25) is 10.0 Å². The zero-order valence-electron chi connectivity index (χ0n) is 12.8. The standard InChI is InChI=1S/C15H25NO4S/c1-3-20-15-9-8-14(12-13(15)2)21(18,19)16-10-6-4-5-7-11-17/h8-9,12,16-17H,3-7,10-11H2,1-2H3. The maximum atomic E-state index is 12.2. The number of aliphatic hydroxyl groups excluding tert-OH is 1. The van der Waals surface area contributed by atoms with E-state index in [9.17, 15) is 8.42 Å². The van der Waals surface area contributed by atoms with Crippen LogP contribution in [0.2, 0.25) is 0 Å². The molecule has 1 aromatic rings. The molecule has 0 aliphatic carbocycles. The van der Waals surface area contributed by atoms with Crippen molar-refractivity contribution in [3.05, 3.63) is 23.8 Å². The smallest absolute Gasteiger partial charge is 0.240 e. The Morgan fingerprint density at radius 2 is 1.90 bits per heavy atom. The largest absolute Gasteiger partial charge is 0.494 e. The number of hydrogen-bond acceptors (Lipinski definition) is 4. The van der Waals surface area contributed by atoms with Gasteiger partial charge in [-0.2, -0.15) is 0 Å². The molecule has 21 heavy (non-hydrogen) atoms. The van der Waals surface area contributed by atoms with E-state index in [0.29, 0.717) is 18.9 Å². The van der Waals surface area contributed by atoms with Crippen LogP contribution < -0.4 is 9.46 Å². The molecule has 120 valence electrons. The molecular weight excluding hydrogens is 290 g/mol. The predicted octanol–water partition coefficient (Wildman–Crippen LogP) is 2.22. The van der Waals surface area contributed by atoms with Gasteiger partial charge in [-0.25, -0.2) is 13.1 Å². The van der Waals surface area contributed by atoms with Gasteiger partial charge in [0.15, 0.2) is 0 Å². The van der Waals surface area contributed by atoms with Crippen molar-refractivity contribution < 1.29 is 18.3 Å². The Kier molecular flexibility index (Phi) is 7.71. The molecule has 1 aromatic carbocycles. The van der Waals surface area contributed by atoms with Gasteiger partial charge in [-0.15, -0.1) is 0 Å². The molecule has 2 N–H and O–H groups in total. The lowest BCUT2D eigenvalue weighted by atomic mass is 10.2. The fourth-order valence-corrected chi connectivity index (χ4v) is 3.15. The predicted molar refractivity (Wildman–Crippen MR) is 83.1 cm³/mol. The molecule has 0 heterocycles. The Balaban J connectivity index is 2.56. The normalized spacial score (nSPS) is 11.6. The number of rotatable bonds is 10. The number of aryl methyl sites for hydroxylation is 1. The van der Waals surface area contributed by atoms with Crippen LogP contribution in [0, 0.1) is 6.92 Å². The molecule has 0 aliphatic heterocycles. The van der Waals surface area contributed by atoms with Crippen molar-refractivity contribution >= 4 is 10.0 Å². The first-order valence-electron chi connectivity index (χ1n) is 7.35. The first-order valence-corrected chi connectivity index (χ1v) is 8.83. The molecule has 1 rings (SSSR count). The highest BCUT2D eigenvalue weighted by molar-refractivity contribution is 7.89. The van der Waals surface area contributed by atoms with E-state index in [0.717, 1.165) is 31.2 Å². The van der Waals surface area contributed by atoms with Gasteiger partial charge >= 0.3 is 0 Å². The minimum Gasteiger partial charge on any atom is -0.494 e. The summed E-state index contributed by atoms with van der Waals surface area (Å²) in [5.41, 5.74) is 0.808. The van der Waals surface area contributed by atoms with Gasteiger partial charge in [-0.05, 0) is 50.5 Å².